The van der Waals surface area contributed by atoms with Gasteiger partial charge in [-0.25, -0.2) is 4.39 Å². The lowest BCUT2D eigenvalue weighted by atomic mass is 10.1. The number of aliphatic carboxylic acids is 1. The first-order chi connectivity index (χ1) is 7.56. The van der Waals surface area contributed by atoms with E-state index in [0.717, 1.165) is 6.07 Å². The summed E-state index contributed by atoms with van der Waals surface area (Å²) < 4.78 is 18.1. The van der Waals surface area contributed by atoms with Crippen LogP contribution in [-0.2, 0) is 4.79 Å². The first-order valence-electron chi connectivity index (χ1n) is 4.38. The second kappa shape index (κ2) is 5.11. The molecule has 0 radical (unpaired) electrons. The number of carbonyl (C=O) groups excluding carboxylic acids is 1. The van der Waals surface area contributed by atoms with Crippen LogP contribution in [0.1, 0.15) is 10.4 Å². The summed E-state index contributed by atoms with van der Waals surface area (Å²) in [5, 5.41) is 10.4. The Bertz CT molecular complexity index is 419. The molecule has 0 aliphatic rings. The van der Waals surface area contributed by atoms with Crippen LogP contribution in [0.2, 0.25) is 0 Å². The van der Waals surface area contributed by atoms with Gasteiger partial charge in [-0.3, -0.25) is 9.59 Å². The Labute approximate surface area is 90.8 Å². The van der Waals surface area contributed by atoms with Crippen LogP contribution >= 0.6 is 0 Å². The summed E-state index contributed by atoms with van der Waals surface area (Å²) in [5.74, 6) is -2.73. The van der Waals surface area contributed by atoms with Crippen molar-refractivity contribution >= 4 is 11.9 Å². The number of nitrogens with one attached hydrogen (secondary N) is 1. The molecule has 16 heavy (non-hydrogen) atoms. The zero-order valence-corrected chi connectivity index (χ0v) is 8.49. The summed E-state index contributed by atoms with van der Waals surface area (Å²) in [6.07, 6.45) is 0. The number of halogens is 1. The SMILES string of the molecule is COc1cccc(F)c1C(=O)NCC(=O)O. The lowest BCUT2D eigenvalue weighted by Crippen LogP contribution is -2.30. The summed E-state index contributed by atoms with van der Waals surface area (Å²) >= 11 is 0. The minimum absolute atomic E-state index is 0.0582. The largest absolute Gasteiger partial charge is 0.496 e. The van der Waals surface area contributed by atoms with Gasteiger partial charge in [-0.05, 0) is 12.1 Å². The van der Waals surface area contributed by atoms with Crippen LogP contribution in [0.4, 0.5) is 4.39 Å². The minimum Gasteiger partial charge on any atom is -0.496 e. The van der Waals surface area contributed by atoms with E-state index in [1.54, 1.807) is 0 Å². The van der Waals surface area contributed by atoms with E-state index >= 15 is 0 Å². The Morgan fingerprint density at radius 1 is 1.50 bits per heavy atom. The summed E-state index contributed by atoms with van der Waals surface area (Å²) in [6.45, 7) is -0.573. The van der Waals surface area contributed by atoms with Gasteiger partial charge in [0.1, 0.15) is 23.7 Å². The van der Waals surface area contributed by atoms with E-state index in [-0.39, 0.29) is 11.3 Å². The van der Waals surface area contributed by atoms with Gasteiger partial charge in [0.05, 0.1) is 7.11 Å². The van der Waals surface area contributed by atoms with E-state index in [4.69, 9.17) is 9.84 Å². The van der Waals surface area contributed by atoms with Gasteiger partial charge >= 0.3 is 5.97 Å². The van der Waals surface area contributed by atoms with E-state index in [1.165, 1.54) is 19.2 Å². The number of carboxylic acids is 1. The van der Waals surface area contributed by atoms with Gasteiger partial charge in [-0.1, -0.05) is 6.07 Å². The highest BCUT2D eigenvalue weighted by atomic mass is 19.1. The van der Waals surface area contributed by atoms with Crippen molar-refractivity contribution in [2.75, 3.05) is 13.7 Å². The molecule has 0 atom stereocenters. The first-order valence-corrected chi connectivity index (χ1v) is 4.38. The fraction of sp³-hybridized carbons (Fsp3) is 0.200. The molecule has 5 nitrogen and oxygen atoms in total. The van der Waals surface area contributed by atoms with Gasteiger partial charge < -0.3 is 15.2 Å². The number of amides is 1. The second-order valence-corrected chi connectivity index (χ2v) is 2.89. The molecule has 0 heterocycles. The Hall–Kier alpha value is -2.11. The third-order valence-electron chi connectivity index (χ3n) is 1.82. The van der Waals surface area contributed by atoms with Crippen molar-refractivity contribution in [2.45, 2.75) is 0 Å². The van der Waals surface area contributed by atoms with Crippen molar-refractivity contribution < 1.29 is 23.8 Å². The summed E-state index contributed by atoms with van der Waals surface area (Å²) in [4.78, 5) is 21.7. The average molecular weight is 227 g/mol. The molecule has 1 aromatic carbocycles. The topological polar surface area (TPSA) is 75.6 Å². The Kier molecular flexibility index (Phi) is 3.82. The van der Waals surface area contributed by atoms with Crippen LogP contribution in [0.15, 0.2) is 18.2 Å². The van der Waals surface area contributed by atoms with E-state index in [2.05, 4.69) is 5.32 Å². The van der Waals surface area contributed by atoms with Crippen LogP contribution in [0, 0.1) is 5.82 Å². The molecule has 0 aliphatic heterocycles. The lowest BCUT2D eigenvalue weighted by molar-refractivity contribution is -0.135. The normalized spacial score (nSPS) is 9.62. The maximum absolute atomic E-state index is 13.3. The minimum atomic E-state index is -1.20. The number of benzene rings is 1. The van der Waals surface area contributed by atoms with E-state index < -0.39 is 24.2 Å². The van der Waals surface area contributed by atoms with Gasteiger partial charge in [-0.2, -0.15) is 0 Å². The second-order valence-electron chi connectivity index (χ2n) is 2.89. The highest BCUT2D eigenvalue weighted by Gasteiger charge is 2.17. The third-order valence-corrected chi connectivity index (χ3v) is 1.82. The fourth-order valence-corrected chi connectivity index (χ4v) is 1.14. The Morgan fingerprint density at radius 2 is 2.19 bits per heavy atom. The van der Waals surface area contributed by atoms with Crippen molar-refractivity contribution in [2.24, 2.45) is 0 Å². The van der Waals surface area contributed by atoms with Crippen LogP contribution in [0.25, 0.3) is 0 Å². The standard InChI is InChI=1S/C10H10FNO4/c1-16-7-4-2-3-6(11)9(7)10(15)12-5-8(13)14/h2-4H,5H2,1H3,(H,12,15)(H,13,14). The zero-order valence-electron chi connectivity index (χ0n) is 8.49. The zero-order chi connectivity index (χ0) is 12.1. The van der Waals surface area contributed by atoms with Crippen molar-refractivity contribution in [1.82, 2.24) is 5.32 Å². The molecular formula is C10H10FNO4. The average Bonchev–Trinajstić information content (AvgIpc) is 2.25. The quantitative estimate of drug-likeness (QED) is 0.791. The Balaban J connectivity index is 2.93. The smallest absolute Gasteiger partial charge is 0.322 e. The summed E-state index contributed by atoms with van der Waals surface area (Å²) in [7, 11) is 1.29. The van der Waals surface area contributed by atoms with Gasteiger partial charge in [0, 0.05) is 0 Å². The van der Waals surface area contributed by atoms with Gasteiger partial charge in [-0.15, -0.1) is 0 Å². The van der Waals surface area contributed by atoms with Crippen molar-refractivity contribution in [3.8, 4) is 5.75 Å². The molecule has 86 valence electrons. The van der Waals surface area contributed by atoms with E-state index in [9.17, 15) is 14.0 Å². The molecule has 6 heteroatoms. The van der Waals surface area contributed by atoms with E-state index in [1.807, 2.05) is 0 Å². The summed E-state index contributed by atoms with van der Waals surface area (Å²) in [5.41, 5.74) is -0.300. The number of hydrogen-bond acceptors (Lipinski definition) is 3. The molecular weight excluding hydrogens is 217 g/mol. The van der Waals surface area contributed by atoms with Gasteiger partial charge in [0.25, 0.3) is 5.91 Å². The molecule has 0 saturated carbocycles. The van der Waals surface area contributed by atoms with Crippen LogP contribution in [-0.4, -0.2) is 30.6 Å². The Morgan fingerprint density at radius 3 is 2.75 bits per heavy atom. The number of rotatable bonds is 4. The highest BCUT2D eigenvalue weighted by molar-refractivity contribution is 5.98. The van der Waals surface area contributed by atoms with Gasteiger partial charge in [0.15, 0.2) is 0 Å². The van der Waals surface area contributed by atoms with Crippen molar-refractivity contribution in [1.29, 1.82) is 0 Å². The highest BCUT2D eigenvalue weighted by Crippen LogP contribution is 2.20. The molecule has 1 amide bonds. The van der Waals surface area contributed by atoms with Crippen molar-refractivity contribution in [3.63, 3.8) is 0 Å². The number of hydrogen-bond donors (Lipinski definition) is 2. The molecule has 0 saturated heterocycles. The maximum atomic E-state index is 13.3. The van der Waals surface area contributed by atoms with Crippen LogP contribution < -0.4 is 10.1 Å². The number of ether oxygens (including phenoxy) is 1. The molecule has 1 aromatic rings. The molecule has 0 aliphatic carbocycles. The number of carboxylic acid groups (broad SMARTS) is 1. The predicted octanol–water partition coefficient (Wildman–Crippen LogP) is 0.649. The molecule has 0 fully saturated rings. The van der Waals surface area contributed by atoms with E-state index in [0.29, 0.717) is 0 Å². The predicted molar refractivity (Wildman–Crippen MR) is 52.9 cm³/mol. The third kappa shape index (κ3) is 2.69. The lowest BCUT2D eigenvalue weighted by Gasteiger charge is -2.08. The first kappa shape index (κ1) is 12.0. The monoisotopic (exact) mass is 227 g/mol. The molecule has 0 spiro atoms. The molecule has 1 rings (SSSR count). The fourth-order valence-electron chi connectivity index (χ4n) is 1.14. The summed E-state index contributed by atoms with van der Waals surface area (Å²) in [6, 6.07) is 3.90. The number of carbonyl (C=O) groups is 2. The van der Waals surface area contributed by atoms with Gasteiger partial charge in [0.2, 0.25) is 0 Å². The van der Waals surface area contributed by atoms with Crippen LogP contribution in [0.5, 0.6) is 5.75 Å². The molecule has 0 aromatic heterocycles. The molecule has 0 bridgehead atoms. The molecule has 0 unspecified atom stereocenters. The number of methoxy groups -OCH3 is 1. The van der Waals surface area contributed by atoms with Crippen LogP contribution in [0.3, 0.4) is 0 Å². The molecule has 2 N–H and O–H groups in total. The van der Waals surface area contributed by atoms with Crippen molar-refractivity contribution in [3.05, 3.63) is 29.6 Å². The maximum Gasteiger partial charge on any atom is 0.322 e.